The van der Waals surface area contributed by atoms with Gasteiger partial charge in [0.1, 0.15) is 5.82 Å². The average Bonchev–Trinajstić information content (AvgIpc) is 2.88. The highest BCUT2D eigenvalue weighted by atomic mass is 35.5. The molecule has 0 saturated heterocycles. The highest BCUT2D eigenvalue weighted by Crippen LogP contribution is 2.34. The Morgan fingerprint density at radius 2 is 1.89 bits per heavy atom. The Kier molecular flexibility index (Phi) is 3.13. The van der Waals surface area contributed by atoms with E-state index >= 15 is 0 Å². The second-order valence-corrected chi connectivity index (χ2v) is 5.40. The molecule has 0 aliphatic heterocycles. The van der Waals surface area contributed by atoms with Gasteiger partial charge < -0.3 is 5.32 Å². The lowest BCUT2D eigenvalue weighted by Gasteiger charge is -2.28. The van der Waals surface area contributed by atoms with Crippen LogP contribution in [0.5, 0.6) is 0 Å². The van der Waals surface area contributed by atoms with Crippen molar-refractivity contribution in [2.45, 2.75) is 31.2 Å². The summed E-state index contributed by atoms with van der Waals surface area (Å²) in [4.78, 5) is 4.66. The van der Waals surface area contributed by atoms with Crippen molar-refractivity contribution in [2.24, 2.45) is 0 Å². The molecule has 0 atom stereocenters. The van der Waals surface area contributed by atoms with Gasteiger partial charge in [0.25, 0.3) is 0 Å². The Hall–Kier alpha value is -1.28. The molecule has 1 saturated carbocycles. The molecule has 1 aromatic heterocycles. The van der Waals surface area contributed by atoms with E-state index in [0.29, 0.717) is 5.88 Å². The molecule has 18 heavy (non-hydrogen) atoms. The minimum atomic E-state index is 0.0526. The molecule has 1 N–H and O–H groups in total. The van der Waals surface area contributed by atoms with Crippen LogP contribution in [-0.4, -0.2) is 16.4 Å². The van der Waals surface area contributed by atoms with Gasteiger partial charge in [-0.2, -0.15) is 0 Å². The van der Waals surface area contributed by atoms with E-state index < -0.39 is 0 Å². The van der Waals surface area contributed by atoms with Crippen LogP contribution in [0, 0.1) is 0 Å². The van der Waals surface area contributed by atoms with Crippen molar-refractivity contribution in [1.82, 2.24) is 4.98 Å². The number of para-hydroxylation sites is 1. The summed E-state index contributed by atoms with van der Waals surface area (Å²) in [6.45, 7) is 0. The summed E-state index contributed by atoms with van der Waals surface area (Å²) in [5, 5.41) is 4.73. The van der Waals surface area contributed by atoms with Gasteiger partial charge in [-0.15, -0.1) is 11.6 Å². The number of nitrogens with one attached hydrogen (secondary N) is 1. The molecule has 0 radical (unpaired) electrons. The maximum absolute atomic E-state index is 6.14. The van der Waals surface area contributed by atoms with Crippen LogP contribution in [0.15, 0.2) is 36.4 Å². The van der Waals surface area contributed by atoms with Crippen molar-refractivity contribution in [3.8, 4) is 0 Å². The van der Waals surface area contributed by atoms with Gasteiger partial charge in [0.2, 0.25) is 0 Å². The number of aromatic nitrogens is 1. The molecule has 94 valence electrons. The first-order chi connectivity index (χ1) is 8.81. The van der Waals surface area contributed by atoms with Crippen LogP contribution >= 0.6 is 11.6 Å². The zero-order valence-corrected chi connectivity index (χ0v) is 11.1. The number of halogens is 1. The molecular formula is C15H17ClN2. The second-order valence-electron chi connectivity index (χ2n) is 5.14. The monoisotopic (exact) mass is 260 g/mol. The highest BCUT2D eigenvalue weighted by molar-refractivity contribution is 6.18. The molecule has 2 nitrogen and oxygen atoms in total. The van der Waals surface area contributed by atoms with Gasteiger partial charge in [-0.25, -0.2) is 4.98 Å². The second kappa shape index (κ2) is 4.77. The third-order valence-corrected chi connectivity index (χ3v) is 4.32. The average molecular weight is 261 g/mol. The summed E-state index contributed by atoms with van der Waals surface area (Å²) in [6, 6.07) is 12.3. The number of alkyl halides is 1. The van der Waals surface area contributed by atoms with Crippen molar-refractivity contribution in [3.63, 3.8) is 0 Å². The van der Waals surface area contributed by atoms with E-state index in [1.807, 2.05) is 18.2 Å². The number of anilines is 1. The third kappa shape index (κ3) is 2.17. The number of hydrogen-bond donors (Lipinski definition) is 1. The minimum absolute atomic E-state index is 0.0526. The summed E-state index contributed by atoms with van der Waals surface area (Å²) in [5.41, 5.74) is 1.09. The minimum Gasteiger partial charge on any atom is -0.363 e. The first-order valence-electron chi connectivity index (χ1n) is 6.51. The lowest BCUT2D eigenvalue weighted by atomic mass is 10.0. The predicted molar refractivity (Wildman–Crippen MR) is 77.3 cm³/mol. The van der Waals surface area contributed by atoms with Crippen LogP contribution in [-0.2, 0) is 0 Å². The molecule has 0 amide bonds. The zero-order chi connectivity index (χ0) is 12.4. The van der Waals surface area contributed by atoms with Crippen LogP contribution in [0.3, 0.4) is 0 Å². The van der Waals surface area contributed by atoms with E-state index in [0.717, 1.165) is 24.2 Å². The number of pyridine rings is 1. The normalized spacial score (nSPS) is 18.1. The Morgan fingerprint density at radius 1 is 1.11 bits per heavy atom. The number of fused-ring (bicyclic) bond motifs is 1. The van der Waals surface area contributed by atoms with Gasteiger partial charge >= 0.3 is 0 Å². The van der Waals surface area contributed by atoms with Crippen LogP contribution in [0.1, 0.15) is 25.7 Å². The molecule has 1 aliphatic rings. The molecule has 0 spiro atoms. The molecular weight excluding hydrogens is 244 g/mol. The van der Waals surface area contributed by atoms with Gasteiger partial charge in [-0.05, 0) is 31.0 Å². The van der Waals surface area contributed by atoms with E-state index in [2.05, 4.69) is 28.5 Å². The quantitative estimate of drug-likeness (QED) is 0.837. The first-order valence-corrected chi connectivity index (χ1v) is 7.05. The molecule has 1 aliphatic carbocycles. The summed E-state index contributed by atoms with van der Waals surface area (Å²) in [7, 11) is 0. The fraction of sp³-hybridized carbons (Fsp3) is 0.400. The van der Waals surface area contributed by atoms with Crippen LogP contribution in [0.2, 0.25) is 0 Å². The maximum Gasteiger partial charge on any atom is 0.127 e. The SMILES string of the molecule is ClCC1(Nc2ccc3ccccc3n2)CCCC1. The lowest BCUT2D eigenvalue weighted by Crippen LogP contribution is -2.37. The summed E-state index contributed by atoms with van der Waals surface area (Å²) in [6.07, 6.45) is 4.80. The molecule has 3 rings (SSSR count). The van der Waals surface area contributed by atoms with E-state index in [4.69, 9.17) is 11.6 Å². The van der Waals surface area contributed by atoms with E-state index in [-0.39, 0.29) is 5.54 Å². The predicted octanol–water partition coefficient (Wildman–Crippen LogP) is 4.20. The van der Waals surface area contributed by atoms with Crippen molar-refractivity contribution in [1.29, 1.82) is 0 Å². The molecule has 1 aromatic carbocycles. The van der Waals surface area contributed by atoms with Crippen molar-refractivity contribution in [2.75, 3.05) is 11.2 Å². The third-order valence-electron chi connectivity index (χ3n) is 3.81. The van der Waals surface area contributed by atoms with Crippen molar-refractivity contribution in [3.05, 3.63) is 36.4 Å². The van der Waals surface area contributed by atoms with E-state index in [9.17, 15) is 0 Å². The maximum atomic E-state index is 6.14. The van der Waals surface area contributed by atoms with Gasteiger partial charge in [-0.1, -0.05) is 31.0 Å². The van der Waals surface area contributed by atoms with Crippen LogP contribution in [0.25, 0.3) is 10.9 Å². The molecule has 0 unspecified atom stereocenters. The van der Waals surface area contributed by atoms with Gasteiger partial charge in [-0.3, -0.25) is 0 Å². The Labute approximate surface area is 112 Å². The summed E-state index contributed by atoms with van der Waals surface area (Å²) >= 11 is 6.14. The Balaban J connectivity index is 1.90. The van der Waals surface area contributed by atoms with Gasteiger partial charge in [0, 0.05) is 11.3 Å². The van der Waals surface area contributed by atoms with E-state index in [1.54, 1.807) is 0 Å². The Bertz CT molecular complexity index is 547. The van der Waals surface area contributed by atoms with Crippen molar-refractivity contribution < 1.29 is 0 Å². The lowest BCUT2D eigenvalue weighted by molar-refractivity contribution is 0.538. The molecule has 3 heteroatoms. The Morgan fingerprint density at radius 3 is 2.67 bits per heavy atom. The van der Waals surface area contributed by atoms with Gasteiger partial charge in [0.15, 0.2) is 0 Å². The standard InChI is InChI=1S/C15H17ClN2/c16-11-15(9-3-4-10-15)18-14-8-7-12-5-1-2-6-13(12)17-14/h1-2,5-8H,3-4,9-11H2,(H,17,18). The number of benzene rings is 1. The molecule has 0 bridgehead atoms. The van der Waals surface area contributed by atoms with Gasteiger partial charge in [0.05, 0.1) is 11.1 Å². The number of nitrogens with zero attached hydrogens (tertiary/aromatic N) is 1. The fourth-order valence-electron chi connectivity index (χ4n) is 2.75. The largest absolute Gasteiger partial charge is 0.363 e. The topological polar surface area (TPSA) is 24.9 Å². The fourth-order valence-corrected chi connectivity index (χ4v) is 3.09. The zero-order valence-electron chi connectivity index (χ0n) is 10.3. The van der Waals surface area contributed by atoms with Crippen LogP contribution in [0.4, 0.5) is 5.82 Å². The molecule has 2 aromatic rings. The number of rotatable bonds is 3. The highest BCUT2D eigenvalue weighted by Gasteiger charge is 2.33. The summed E-state index contributed by atoms with van der Waals surface area (Å²) < 4.78 is 0. The first kappa shape index (κ1) is 11.8. The van der Waals surface area contributed by atoms with E-state index in [1.165, 1.54) is 18.2 Å². The van der Waals surface area contributed by atoms with Crippen LogP contribution < -0.4 is 5.32 Å². The number of hydrogen-bond acceptors (Lipinski definition) is 2. The smallest absolute Gasteiger partial charge is 0.127 e. The summed E-state index contributed by atoms with van der Waals surface area (Å²) in [5.74, 6) is 1.60. The van der Waals surface area contributed by atoms with Crippen molar-refractivity contribution >= 4 is 28.3 Å². The molecule has 1 fully saturated rings. The molecule has 1 heterocycles.